The highest BCUT2D eigenvalue weighted by molar-refractivity contribution is 5.79. The van der Waals surface area contributed by atoms with Crippen LogP contribution < -0.4 is 10.6 Å². The van der Waals surface area contributed by atoms with E-state index < -0.39 is 0 Å². The average molecular weight is 371 g/mol. The lowest BCUT2D eigenvalue weighted by Crippen LogP contribution is -2.56. The van der Waals surface area contributed by atoms with Gasteiger partial charge in [0.2, 0.25) is 0 Å². The van der Waals surface area contributed by atoms with E-state index in [4.69, 9.17) is 4.74 Å². The molecular weight excluding hydrogens is 340 g/mol. The maximum atomic E-state index is 5.46. The van der Waals surface area contributed by atoms with Crippen LogP contribution in [0.1, 0.15) is 19.4 Å². The van der Waals surface area contributed by atoms with E-state index in [2.05, 4.69) is 63.7 Å². The van der Waals surface area contributed by atoms with Gasteiger partial charge in [-0.05, 0) is 37.6 Å². The van der Waals surface area contributed by atoms with Crippen molar-refractivity contribution in [3.05, 3.63) is 48.3 Å². The van der Waals surface area contributed by atoms with E-state index in [-0.39, 0.29) is 5.54 Å². The summed E-state index contributed by atoms with van der Waals surface area (Å²) in [6.45, 7) is 9.63. The van der Waals surface area contributed by atoms with Crippen molar-refractivity contribution in [3.8, 4) is 5.69 Å². The molecule has 0 unspecified atom stereocenters. The largest absolute Gasteiger partial charge is 0.379 e. The molecule has 2 heterocycles. The van der Waals surface area contributed by atoms with Gasteiger partial charge >= 0.3 is 0 Å². The van der Waals surface area contributed by atoms with E-state index in [0.717, 1.165) is 51.0 Å². The van der Waals surface area contributed by atoms with Crippen LogP contribution in [0.2, 0.25) is 0 Å². The Morgan fingerprint density at radius 2 is 1.93 bits per heavy atom. The predicted octanol–water partition coefficient (Wildman–Crippen LogP) is 1.65. The van der Waals surface area contributed by atoms with Gasteiger partial charge in [-0.25, -0.2) is 4.68 Å². The number of benzene rings is 1. The van der Waals surface area contributed by atoms with Crippen molar-refractivity contribution >= 4 is 5.96 Å². The lowest BCUT2D eigenvalue weighted by Gasteiger charge is -2.41. The number of ether oxygens (including phenoxy) is 1. The second-order valence-electron chi connectivity index (χ2n) is 7.31. The number of hydrogen-bond donors (Lipinski definition) is 2. The van der Waals surface area contributed by atoms with Crippen LogP contribution in [0.15, 0.2) is 47.7 Å². The average Bonchev–Trinajstić information content (AvgIpc) is 3.24. The summed E-state index contributed by atoms with van der Waals surface area (Å²) >= 11 is 0. The number of aromatic nitrogens is 2. The monoisotopic (exact) mass is 370 g/mol. The third kappa shape index (κ3) is 5.30. The second-order valence-corrected chi connectivity index (χ2v) is 7.31. The third-order valence-electron chi connectivity index (χ3n) is 4.94. The molecule has 1 aliphatic rings. The molecule has 0 atom stereocenters. The van der Waals surface area contributed by atoms with E-state index in [1.807, 2.05) is 16.9 Å². The van der Waals surface area contributed by atoms with Crippen LogP contribution in [0.25, 0.3) is 5.69 Å². The van der Waals surface area contributed by atoms with Gasteiger partial charge in [0.05, 0.1) is 18.9 Å². The number of aliphatic imine (C=N–C) groups is 1. The van der Waals surface area contributed by atoms with Crippen molar-refractivity contribution in [2.75, 3.05) is 39.9 Å². The Kier molecular flexibility index (Phi) is 6.47. The molecule has 0 amide bonds. The Morgan fingerprint density at radius 3 is 2.56 bits per heavy atom. The molecule has 1 aromatic heterocycles. The highest BCUT2D eigenvalue weighted by atomic mass is 16.5. The molecule has 146 valence electrons. The van der Waals surface area contributed by atoms with E-state index in [0.29, 0.717) is 0 Å². The van der Waals surface area contributed by atoms with Gasteiger partial charge in [-0.3, -0.25) is 9.89 Å². The zero-order valence-electron chi connectivity index (χ0n) is 16.5. The summed E-state index contributed by atoms with van der Waals surface area (Å²) in [5, 5.41) is 11.1. The number of rotatable bonds is 6. The van der Waals surface area contributed by atoms with Crippen LogP contribution in [0.5, 0.6) is 0 Å². The first-order chi connectivity index (χ1) is 13.1. The van der Waals surface area contributed by atoms with Crippen molar-refractivity contribution in [3.63, 3.8) is 0 Å². The van der Waals surface area contributed by atoms with Crippen molar-refractivity contribution < 1.29 is 4.74 Å². The molecule has 0 spiro atoms. The number of hydrogen-bond acceptors (Lipinski definition) is 4. The summed E-state index contributed by atoms with van der Waals surface area (Å²) in [7, 11) is 1.80. The molecule has 1 aliphatic heterocycles. The molecule has 2 aromatic rings. The lowest BCUT2D eigenvalue weighted by molar-refractivity contribution is -0.00834. The summed E-state index contributed by atoms with van der Waals surface area (Å²) < 4.78 is 7.31. The summed E-state index contributed by atoms with van der Waals surface area (Å²) in [4.78, 5) is 6.81. The highest BCUT2D eigenvalue weighted by Crippen LogP contribution is 2.15. The Labute approximate surface area is 161 Å². The first-order valence-corrected chi connectivity index (χ1v) is 9.45. The maximum Gasteiger partial charge on any atom is 0.191 e. The highest BCUT2D eigenvalue weighted by Gasteiger charge is 2.28. The Balaban J connectivity index is 1.49. The Bertz CT molecular complexity index is 717. The topological polar surface area (TPSA) is 66.7 Å². The van der Waals surface area contributed by atoms with Crippen molar-refractivity contribution in [1.82, 2.24) is 25.3 Å². The fourth-order valence-electron chi connectivity index (χ4n) is 3.17. The number of nitrogens with zero attached hydrogens (tertiary/aromatic N) is 4. The minimum Gasteiger partial charge on any atom is -0.379 e. The molecule has 0 aliphatic carbocycles. The molecule has 0 saturated carbocycles. The van der Waals surface area contributed by atoms with Crippen LogP contribution in [-0.4, -0.2) is 66.1 Å². The third-order valence-corrected chi connectivity index (χ3v) is 4.94. The normalized spacial score (nSPS) is 16.3. The van der Waals surface area contributed by atoms with Gasteiger partial charge in [-0.1, -0.05) is 12.1 Å². The van der Waals surface area contributed by atoms with Crippen molar-refractivity contribution in [2.45, 2.75) is 25.9 Å². The van der Waals surface area contributed by atoms with Crippen LogP contribution in [0.4, 0.5) is 0 Å². The maximum absolute atomic E-state index is 5.46. The molecule has 7 nitrogen and oxygen atoms in total. The molecule has 0 bridgehead atoms. The molecule has 7 heteroatoms. The molecule has 27 heavy (non-hydrogen) atoms. The molecule has 1 fully saturated rings. The van der Waals surface area contributed by atoms with Crippen LogP contribution in [-0.2, 0) is 11.3 Å². The number of guanidine groups is 1. The molecule has 3 rings (SSSR count). The molecule has 0 radical (unpaired) electrons. The van der Waals surface area contributed by atoms with Gasteiger partial charge in [0, 0.05) is 51.2 Å². The molecule has 1 saturated heterocycles. The summed E-state index contributed by atoms with van der Waals surface area (Å²) in [6, 6.07) is 10.3. The quantitative estimate of drug-likeness (QED) is 0.598. The molecular formula is C20H30N6O. The minimum absolute atomic E-state index is 0.0484. The minimum atomic E-state index is 0.0484. The van der Waals surface area contributed by atoms with Gasteiger partial charge < -0.3 is 15.4 Å². The SMILES string of the molecule is CN=C(NCc1ccc(-n2cccn2)cc1)NCC(C)(C)N1CCOCC1. The fourth-order valence-corrected chi connectivity index (χ4v) is 3.17. The summed E-state index contributed by atoms with van der Waals surface area (Å²) in [6.07, 6.45) is 3.72. The van der Waals surface area contributed by atoms with Crippen molar-refractivity contribution in [1.29, 1.82) is 0 Å². The number of nitrogens with one attached hydrogen (secondary N) is 2. The van der Waals surface area contributed by atoms with Crippen LogP contribution >= 0.6 is 0 Å². The van der Waals surface area contributed by atoms with E-state index in [1.54, 1.807) is 13.2 Å². The first kappa shape index (κ1) is 19.4. The predicted molar refractivity (Wildman–Crippen MR) is 108 cm³/mol. The summed E-state index contributed by atoms with van der Waals surface area (Å²) in [5.41, 5.74) is 2.30. The van der Waals surface area contributed by atoms with Gasteiger partial charge in [0.25, 0.3) is 0 Å². The van der Waals surface area contributed by atoms with E-state index in [1.165, 1.54) is 5.56 Å². The summed E-state index contributed by atoms with van der Waals surface area (Å²) in [5.74, 6) is 0.812. The molecule has 2 N–H and O–H groups in total. The van der Waals surface area contributed by atoms with E-state index in [9.17, 15) is 0 Å². The zero-order chi connectivity index (χ0) is 19.1. The van der Waals surface area contributed by atoms with Gasteiger partial charge in [0.15, 0.2) is 5.96 Å². The Hall–Kier alpha value is -2.38. The smallest absolute Gasteiger partial charge is 0.191 e. The van der Waals surface area contributed by atoms with E-state index >= 15 is 0 Å². The zero-order valence-corrected chi connectivity index (χ0v) is 16.5. The second kappa shape index (κ2) is 9.01. The van der Waals surface area contributed by atoms with Crippen molar-refractivity contribution in [2.24, 2.45) is 4.99 Å². The lowest BCUT2D eigenvalue weighted by atomic mass is 10.0. The Morgan fingerprint density at radius 1 is 1.19 bits per heavy atom. The van der Waals surface area contributed by atoms with Crippen LogP contribution in [0, 0.1) is 0 Å². The van der Waals surface area contributed by atoms with Crippen LogP contribution in [0.3, 0.4) is 0 Å². The molecule has 1 aromatic carbocycles. The fraction of sp³-hybridized carbons (Fsp3) is 0.500. The van der Waals surface area contributed by atoms with Gasteiger partial charge in [-0.15, -0.1) is 0 Å². The first-order valence-electron chi connectivity index (χ1n) is 9.45. The number of morpholine rings is 1. The standard InChI is InChI=1S/C20H30N6O/c1-20(2,25-11-13-27-14-12-25)16-23-19(21-3)22-15-17-5-7-18(8-6-17)26-10-4-9-24-26/h4-10H,11-16H2,1-3H3,(H2,21,22,23). The van der Waals surface area contributed by atoms with Gasteiger partial charge in [0.1, 0.15) is 0 Å². The van der Waals surface area contributed by atoms with Gasteiger partial charge in [-0.2, -0.15) is 5.10 Å².